The quantitative estimate of drug-likeness (QED) is 0.845. The van der Waals surface area contributed by atoms with Gasteiger partial charge in [-0.2, -0.15) is 0 Å². The Balaban J connectivity index is 1.40. The zero-order valence-electron chi connectivity index (χ0n) is 15.0. The molecule has 0 radical (unpaired) electrons. The molecule has 2 heterocycles. The largest absolute Gasteiger partial charge is 0.354 e. The van der Waals surface area contributed by atoms with Gasteiger partial charge in [-0.3, -0.25) is 4.90 Å². The lowest BCUT2D eigenvalue weighted by Gasteiger charge is -2.41. The molecule has 0 amide bonds. The van der Waals surface area contributed by atoms with E-state index in [-0.39, 0.29) is 0 Å². The number of fused-ring (bicyclic) bond motifs is 2. The summed E-state index contributed by atoms with van der Waals surface area (Å²) in [5.74, 6) is 3.83. The van der Waals surface area contributed by atoms with Crippen LogP contribution in [0.3, 0.4) is 0 Å². The van der Waals surface area contributed by atoms with Gasteiger partial charge in [-0.1, -0.05) is 26.3 Å². The minimum Gasteiger partial charge on any atom is -0.354 e. The van der Waals surface area contributed by atoms with E-state index in [4.69, 9.17) is 4.98 Å². The van der Waals surface area contributed by atoms with Crippen LogP contribution in [0, 0.1) is 18.8 Å². The number of piperazine rings is 1. The Labute approximate surface area is 141 Å². The Hall–Kier alpha value is -1.09. The van der Waals surface area contributed by atoms with Crippen molar-refractivity contribution >= 4 is 5.82 Å². The molecule has 3 aliphatic rings. The van der Waals surface area contributed by atoms with Crippen LogP contribution in [0.1, 0.15) is 56.6 Å². The van der Waals surface area contributed by atoms with Gasteiger partial charge in [0.25, 0.3) is 0 Å². The van der Waals surface area contributed by atoms with E-state index in [1.54, 1.807) is 0 Å². The highest BCUT2D eigenvalue weighted by atomic mass is 15.3. The molecule has 23 heavy (non-hydrogen) atoms. The van der Waals surface area contributed by atoms with Crippen LogP contribution in [-0.4, -0.2) is 42.1 Å². The summed E-state index contributed by atoms with van der Waals surface area (Å²) >= 11 is 0. The van der Waals surface area contributed by atoms with Gasteiger partial charge in [-0.05, 0) is 55.1 Å². The molecule has 2 saturated carbocycles. The van der Waals surface area contributed by atoms with E-state index in [9.17, 15) is 0 Å². The number of nitrogens with zero attached hydrogens (tertiary/aromatic N) is 3. The topological polar surface area (TPSA) is 19.4 Å². The molecule has 0 spiro atoms. The Morgan fingerprint density at radius 3 is 2.43 bits per heavy atom. The summed E-state index contributed by atoms with van der Waals surface area (Å²) in [6.45, 7) is 11.4. The first-order valence-corrected chi connectivity index (χ1v) is 9.57. The van der Waals surface area contributed by atoms with Crippen LogP contribution in [0.4, 0.5) is 5.82 Å². The van der Waals surface area contributed by atoms with Crippen molar-refractivity contribution in [1.82, 2.24) is 9.88 Å². The highest BCUT2D eigenvalue weighted by molar-refractivity contribution is 5.48. The van der Waals surface area contributed by atoms with Crippen molar-refractivity contribution in [3.05, 3.63) is 23.4 Å². The summed E-state index contributed by atoms with van der Waals surface area (Å²) in [7, 11) is 0. The third-order valence-corrected chi connectivity index (χ3v) is 6.52. The molecule has 0 N–H and O–H groups in total. The van der Waals surface area contributed by atoms with Crippen molar-refractivity contribution in [1.29, 1.82) is 0 Å². The molecule has 3 heteroatoms. The number of aryl methyl sites for hydroxylation is 1. The Bertz CT molecular complexity index is 560. The standard InChI is InChI=1S/C20H31N3/c1-14(2)18-10-15(3)20(21-13-18)23-8-6-22(7-9-23)19-12-16-4-5-17(19)11-16/h10,13-14,16-17,19H,4-9,11-12H2,1-3H3. The molecule has 1 aliphatic heterocycles. The number of aromatic nitrogens is 1. The van der Waals surface area contributed by atoms with Gasteiger partial charge in [0, 0.05) is 38.4 Å². The van der Waals surface area contributed by atoms with Crippen LogP contribution in [-0.2, 0) is 0 Å². The van der Waals surface area contributed by atoms with E-state index in [1.165, 1.54) is 55.7 Å². The van der Waals surface area contributed by atoms with E-state index in [0.717, 1.165) is 31.0 Å². The van der Waals surface area contributed by atoms with Crippen molar-refractivity contribution in [3.8, 4) is 0 Å². The summed E-state index contributed by atoms with van der Waals surface area (Å²) in [6.07, 6.45) is 8.07. The summed E-state index contributed by atoms with van der Waals surface area (Å²) in [6, 6.07) is 3.23. The molecule has 3 fully saturated rings. The number of pyridine rings is 1. The monoisotopic (exact) mass is 313 g/mol. The summed E-state index contributed by atoms with van der Waals surface area (Å²) in [4.78, 5) is 10.1. The molecule has 4 rings (SSSR count). The summed E-state index contributed by atoms with van der Waals surface area (Å²) in [5, 5.41) is 0. The van der Waals surface area contributed by atoms with Crippen LogP contribution >= 0.6 is 0 Å². The molecule has 3 nitrogen and oxygen atoms in total. The second-order valence-electron chi connectivity index (χ2n) is 8.33. The highest BCUT2D eigenvalue weighted by Gasteiger charge is 2.42. The lowest BCUT2D eigenvalue weighted by molar-refractivity contribution is 0.134. The second-order valence-corrected chi connectivity index (χ2v) is 8.33. The first kappa shape index (κ1) is 15.4. The van der Waals surface area contributed by atoms with Gasteiger partial charge in [0.05, 0.1) is 0 Å². The van der Waals surface area contributed by atoms with Gasteiger partial charge >= 0.3 is 0 Å². The minimum absolute atomic E-state index is 0.560. The SMILES string of the molecule is Cc1cc(C(C)C)cnc1N1CCN(C2CC3CCC2C3)CC1. The average molecular weight is 313 g/mol. The molecule has 126 valence electrons. The van der Waals surface area contributed by atoms with Crippen molar-refractivity contribution in [2.45, 2.75) is 58.4 Å². The Morgan fingerprint density at radius 2 is 1.87 bits per heavy atom. The Kier molecular flexibility index (Phi) is 4.08. The fraction of sp³-hybridized carbons (Fsp3) is 0.750. The normalized spacial score (nSPS) is 31.3. The third kappa shape index (κ3) is 2.88. The summed E-state index contributed by atoms with van der Waals surface area (Å²) in [5.41, 5.74) is 2.69. The van der Waals surface area contributed by atoms with Gasteiger partial charge in [0.2, 0.25) is 0 Å². The van der Waals surface area contributed by atoms with E-state index in [0.29, 0.717) is 5.92 Å². The smallest absolute Gasteiger partial charge is 0.131 e. The predicted octanol–water partition coefficient (Wildman–Crippen LogP) is 3.82. The number of anilines is 1. The zero-order chi connectivity index (χ0) is 16.0. The Morgan fingerprint density at radius 1 is 1.09 bits per heavy atom. The van der Waals surface area contributed by atoms with Crippen molar-refractivity contribution in [3.63, 3.8) is 0 Å². The van der Waals surface area contributed by atoms with Crippen LogP contribution in [0.15, 0.2) is 12.3 Å². The average Bonchev–Trinajstić information content (AvgIpc) is 3.18. The minimum atomic E-state index is 0.560. The van der Waals surface area contributed by atoms with Gasteiger partial charge in [0.15, 0.2) is 0 Å². The fourth-order valence-electron chi connectivity index (χ4n) is 5.16. The molecule has 2 bridgehead atoms. The van der Waals surface area contributed by atoms with Crippen molar-refractivity contribution < 1.29 is 0 Å². The molecule has 3 unspecified atom stereocenters. The molecule has 0 aromatic carbocycles. The molecule has 2 aliphatic carbocycles. The van der Waals surface area contributed by atoms with Gasteiger partial charge in [-0.25, -0.2) is 4.98 Å². The lowest BCUT2D eigenvalue weighted by atomic mass is 9.93. The number of hydrogen-bond acceptors (Lipinski definition) is 3. The van der Waals surface area contributed by atoms with E-state index in [1.807, 2.05) is 0 Å². The van der Waals surface area contributed by atoms with Gasteiger partial charge in [0.1, 0.15) is 5.82 Å². The van der Waals surface area contributed by atoms with Crippen LogP contribution in [0.5, 0.6) is 0 Å². The van der Waals surface area contributed by atoms with Crippen LogP contribution in [0.25, 0.3) is 0 Å². The molecular weight excluding hydrogens is 282 g/mol. The predicted molar refractivity (Wildman–Crippen MR) is 96.1 cm³/mol. The number of hydrogen-bond donors (Lipinski definition) is 0. The van der Waals surface area contributed by atoms with Crippen molar-refractivity contribution in [2.24, 2.45) is 11.8 Å². The zero-order valence-corrected chi connectivity index (χ0v) is 15.0. The molecule has 3 atom stereocenters. The molecule has 1 saturated heterocycles. The lowest BCUT2D eigenvalue weighted by Crippen LogP contribution is -2.52. The maximum atomic E-state index is 4.79. The van der Waals surface area contributed by atoms with E-state index < -0.39 is 0 Å². The first-order chi connectivity index (χ1) is 11.1. The maximum Gasteiger partial charge on any atom is 0.131 e. The molecule has 1 aromatic rings. The number of rotatable bonds is 3. The van der Waals surface area contributed by atoms with E-state index in [2.05, 4.69) is 42.8 Å². The molecular formula is C20H31N3. The van der Waals surface area contributed by atoms with Crippen molar-refractivity contribution in [2.75, 3.05) is 31.1 Å². The fourth-order valence-corrected chi connectivity index (χ4v) is 5.16. The summed E-state index contributed by atoms with van der Waals surface area (Å²) < 4.78 is 0. The maximum absolute atomic E-state index is 4.79. The van der Waals surface area contributed by atoms with Crippen LogP contribution < -0.4 is 4.90 Å². The third-order valence-electron chi connectivity index (χ3n) is 6.52. The second kappa shape index (κ2) is 6.08. The first-order valence-electron chi connectivity index (χ1n) is 9.57. The van der Waals surface area contributed by atoms with Gasteiger partial charge in [-0.15, -0.1) is 0 Å². The molecule has 1 aromatic heterocycles. The highest BCUT2D eigenvalue weighted by Crippen LogP contribution is 2.46. The van der Waals surface area contributed by atoms with E-state index >= 15 is 0 Å². The van der Waals surface area contributed by atoms with Gasteiger partial charge < -0.3 is 4.90 Å². The van der Waals surface area contributed by atoms with Crippen LogP contribution in [0.2, 0.25) is 0 Å².